The topological polar surface area (TPSA) is 38.9 Å². The Morgan fingerprint density at radius 2 is 1.95 bits per heavy atom. The summed E-state index contributed by atoms with van der Waals surface area (Å²) in [6, 6.07) is 8.94. The fourth-order valence-corrected chi connectivity index (χ4v) is 3.69. The Morgan fingerprint density at radius 1 is 1.11 bits per heavy atom. The van der Waals surface area contributed by atoms with Gasteiger partial charge >= 0.3 is 0 Å². The zero-order valence-corrected chi connectivity index (χ0v) is 11.2. The molecule has 1 aromatic heterocycles. The minimum Gasteiger partial charge on any atom is -0.399 e. The molecule has 1 heterocycles. The molecule has 6 heteroatoms. The molecule has 0 spiro atoms. The van der Waals surface area contributed by atoms with Gasteiger partial charge in [-0.3, -0.25) is 0 Å². The van der Waals surface area contributed by atoms with Crippen LogP contribution in [0, 0.1) is 11.6 Å². The molecule has 0 atom stereocenters. The average molecular weight is 294 g/mol. The quantitative estimate of drug-likeness (QED) is 0.716. The lowest BCUT2D eigenvalue weighted by Crippen LogP contribution is -1.83. The maximum absolute atomic E-state index is 13.6. The van der Waals surface area contributed by atoms with Gasteiger partial charge in [-0.15, -0.1) is 11.3 Å². The van der Waals surface area contributed by atoms with E-state index in [0.717, 1.165) is 16.3 Å². The summed E-state index contributed by atoms with van der Waals surface area (Å²) >= 11 is 2.61. The molecule has 3 rings (SSSR count). The van der Waals surface area contributed by atoms with E-state index in [0.29, 0.717) is 14.9 Å². The van der Waals surface area contributed by atoms with Crippen molar-refractivity contribution in [3.05, 3.63) is 48.0 Å². The van der Waals surface area contributed by atoms with Gasteiger partial charge in [0.1, 0.15) is 11.6 Å². The second kappa shape index (κ2) is 4.79. The summed E-state index contributed by atoms with van der Waals surface area (Å²) in [6.45, 7) is 0. The van der Waals surface area contributed by atoms with Gasteiger partial charge in [0, 0.05) is 11.8 Å². The lowest BCUT2D eigenvalue weighted by Gasteiger charge is -1.99. The Bertz CT molecular complexity index is 755. The molecule has 0 aliphatic heterocycles. The Balaban J connectivity index is 1.96. The predicted octanol–water partition coefficient (Wildman–Crippen LogP) is 4.31. The third kappa shape index (κ3) is 2.54. The zero-order chi connectivity index (χ0) is 13.4. The monoisotopic (exact) mass is 294 g/mol. The Morgan fingerprint density at radius 3 is 2.74 bits per heavy atom. The molecular formula is C13H8F2N2S2. The van der Waals surface area contributed by atoms with E-state index in [2.05, 4.69) is 4.98 Å². The van der Waals surface area contributed by atoms with Crippen molar-refractivity contribution >= 4 is 39.0 Å². The van der Waals surface area contributed by atoms with Crippen molar-refractivity contribution in [1.29, 1.82) is 0 Å². The van der Waals surface area contributed by atoms with Crippen molar-refractivity contribution < 1.29 is 8.78 Å². The smallest absolute Gasteiger partial charge is 0.156 e. The molecule has 0 radical (unpaired) electrons. The number of nitrogen functional groups attached to an aromatic ring is 1. The van der Waals surface area contributed by atoms with E-state index in [1.165, 1.54) is 35.2 Å². The molecule has 0 fully saturated rings. The lowest BCUT2D eigenvalue weighted by molar-refractivity contribution is 0.565. The van der Waals surface area contributed by atoms with Gasteiger partial charge in [0.15, 0.2) is 4.34 Å². The second-order valence-electron chi connectivity index (χ2n) is 3.88. The zero-order valence-electron chi connectivity index (χ0n) is 9.56. The van der Waals surface area contributed by atoms with E-state index in [1.807, 2.05) is 12.1 Å². The number of fused-ring (bicyclic) bond motifs is 1. The number of nitrogens with zero attached hydrogens (tertiary/aromatic N) is 1. The number of rotatable bonds is 2. The number of halogens is 2. The number of thiazole rings is 1. The van der Waals surface area contributed by atoms with E-state index >= 15 is 0 Å². The van der Waals surface area contributed by atoms with Gasteiger partial charge in [-0.1, -0.05) is 11.8 Å². The maximum atomic E-state index is 13.6. The number of aromatic nitrogens is 1. The summed E-state index contributed by atoms with van der Waals surface area (Å²) in [6.07, 6.45) is 0. The van der Waals surface area contributed by atoms with Gasteiger partial charge in [-0.05, 0) is 30.3 Å². The molecular weight excluding hydrogens is 286 g/mol. The third-order valence-corrected chi connectivity index (χ3v) is 4.61. The number of hydrogen-bond acceptors (Lipinski definition) is 4. The molecule has 0 aliphatic carbocycles. The summed E-state index contributed by atoms with van der Waals surface area (Å²) < 4.78 is 28.0. The van der Waals surface area contributed by atoms with E-state index in [4.69, 9.17) is 5.73 Å². The Hall–Kier alpha value is -1.66. The molecule has 0 unspecified atom stereocenters. The van der Waals surface area contributed by atoms with Gasteiger partial charge in [-0.25, -0.2) is 13.8 Å². The lowest BCUT2D eigenvalue weighted by atomic mass is 10.3. The molecule has 2 nitrogen and oxygen atoms in total. The van der Waals surface area contributed by atoms with Crippen LogP contribution >= 0.6 is 23.1 Å². The Kier molecular flexibility index (Phi) is 3.12. The average Bonchev–Trinajstić information content (AvgIpc) is 2.74. The van der Waals surface area contributed by atoms with Crippen LogP contribution in [-0.4, -0.2) is 4.98 Å². The molecule has 96 valence electrons. The molecule has 3 aromatic rings. The maximum Gasteiger partial charge on any atom is 0.156 e. The summed E-state index contributed by atoms with van der Waals surface area (Å²) in [5, 5.41) is 0. The highest BCUT2D eigenvalue weighted by atomic mass is 32.2. The normalized spacial score (nSPS) is 11.1. The first-order chi connectivity index (χ1) is 9.11. The summed E-state index contributed by atoms with van der Waals surface area (Å²) in [4.78, 5) is 4.73. The summed E-state index contributed by atoms with van der Waals surface area (Å²) in [5.74, 6) is -1.16. The van der Waals surface area contributed by atoms with Crippen molar-refractivity contribution in [1.82, 2.24) is 4.98 Å². The van der Waals surface area contributed by atoms with Crippen molar-refractivity contribution in [2.75, 3.05) is 5.73 Å². The van der Waals surface area contributed by atoms with E-state index in [1.54, 1.807) is 6.07 Å². The number of anilines is 1. The minimum atomic E-state index is -0.584. The van der Waals surface area contributed by atoms with Crippen LogP contribution in [-0.2, 0) is 0 Å². The van der Waals surface area contributed by atoms with Crippen LogP contribution in [0.15, 0.2) is 45.6 Å². The molecule has 19 heavy (non-hydrogen) atoms. The standard InChI is InChI=1S/C13H8F2N2S2/c14-7-1-4-11(9(15)5-7)18-13-17-10-3-2-8(16)6-12(10)19-13/h1-6H,16H2. The third-order valence-electron chi connectivity index (χ3n) is 2.48. The molecule has 2 N–H and O–H groups in total. The number of hydrogen-bond donors (Lipinski definition) is 1. The first-order valence-electron chi connectivity index (χ1n) is 5.41. The van der Waals surface area contributed by atoms with Gasteiger partial charge in [0.05, 0.1) is 15.1 Å². The van der Waals surface area contributed by atoms with Crippen molar-refractivity contribution in [2.45, 2.75) is 9.24 Å². The van der Waals surface area contributed by atoms with Crippen molar-refractivity contribution in [2.24, 2.45) is 0 Å². The van der Waals surface area contributed by atoms with Crippen molar-refractivity contribution in [3.8, 4) is 0 Å². The molecule has 0 aliphatic rings. The largest absolute Gasteiger partial charge is 0.399 e. The van der Waals surface area contributed by atoms with Crippen LogP contribution in [0.1, 0.15) is 0 Å². The molecule has 0 amide bonds. The van der Waals surface area contributed by atoms with Gasteiger partial charge in [0.25, 0.3) is 0 Å². The van der Waals surface area contributed by atoms with E-state index in [-0.39, 0.29) is 0 Å². The SMILES string of the molecule is Nc1ccc2nc(Sc3ccc(F)cc3F)sc2c1. The highest BCUT2D eigenvalue weighted by Gasteiger charge is 2.10. The molecule has 2 aromatic carbocycles. The highest BCUT2D eigenvalue weighted by molar-refractivity contribution is 8.01. The minimum absolute atomic E-state index is 0.355. The first-order valence-corrected chi connectivity index (χ1v) is 7.04. The van der Waals surface area contributed by atoms with Crippen LogP contribution in [0.4, 0.5) is 14.5 Å². The van der Waals surface area contributed by atoms with Gasteiger partial charge in [0.2, 0.25) is 0 Å². The van der Waals surface area contributed by atoms with Crippen LogP contribution in [0.5, 0.6) is 0 Å². The van der Waals surface area contributed by atoms with Gasteiger partial charge in [-0.2, -0.15) is 0 Å². The van der Waals surface area contributed by atoms with Crippen LogP contribution in [0.3, 0.4) is 0 Å². The highest BCUT2D eigenvalue weighted by Crippen LogP contribution is 2.36. The van der Waals surface area contributed by atoms with Crippen LogP contribution < -0.4 is 5.73 Å². The predicted molar refractivity (Wildman–Crippen MR) is 74.5 cm³/mol. The number of nitrogens with two attached hydrogens (primary N) is 1. The number of benzene rings is 2. The Labute approximate surface area is 116 Å². The first kappa shape index (κ1) is 12.4. The van der Waals surface area contributed by atoms with E-state index in [9.17, 15) is 8.78 Å². The fraction of sp³-hybridized carbons (Fsp3) is 0. The van der Waals surface area contributed by atoms with Gasteiger partial charge < -0.3 is 5.73 Å². The fourth-order valence-electron chi connectivity index (χ4n) is 1.62. The summed E-state index contributed by atoms with van der Waals surface area (Å²) in [7, 11) is 0. The molecule has 0 saturated heterocycles. The molecule has 0 bridgehead atoms. The van der Waals surface area contributed by atoms with Crippen LogP contribution in [0.25, 0.3) is 10.2 Å². The summed E-state index contributed by atoms with van der Waals surface area (Å²) in [5.41, 5.74) is 7.19. The van der Waals surface area contributed by atoms with E-state index < -0.39 is 11.6 Å². The second-order valence-corrected chi connectivity index (χ2v) is 6.20. The van der Waals surface area contributed by atoms with Crippen LogP contribution in [0.2, 0.25) is 0 Å². The molecule has 0 saturated carbocycles. The van der Waals surface area contributed by atoms with Crippen molar-refractivity contribution in [3.63, 3.8) is 0 Å².